The first-order valence-electron chi connectivity index (χ1n) is 6.38. The van der Waals surface area contributed by atoms with E-state index in [0.29, 0.717) is 19.4 Å². The summed E-state index contributed by atoms with van der Waals surface area (Å²) in [5.41, 5.74) is 0. The molecule has 1 fully saturated rings. The Kier molecular flexibility index (Phi) is 7.74. The SMILES string of the molecule is CNCC(C)C(=O)NC(C1CCCC1)C(F)(F)F.Cl. The molecule has 1 aliphatic carbocycles. The number of hydrogen-bond donors (Lipinski definition) is 2. The Labute approximate surface area is 118 Å². The van der Waals surface area contributed by atoms with Gasteiger partial charge in [-0.15, -0.1) is 12.4 Å². The van der Waals surface area contributed by atoms with E-state index in [1.165, 1.54) is 0 Å². The Bertz CT molecular complexity index is 281. The van der Waals surface area contributed by atoms with E-state index in [4.69, 9.17) is 0 Å². The minimum Gasteiger partial charge on any atom is -0.344 e. The van der Waals surface area contributed by atoms with E-state index in [1.807, 2.05) is 0 Å². The van der Waals surface area contributed by atoms with E-state index >= 15 is 0 Å². The summed E-state index contributed by atoms with van der Waals surface area (Å²) >= 11 is 0. The highest BCUT2D eigenvalue weighted by molar-refractivity contribution is 5.85. The topological polar surface area (TPSA) is 41.1 Å². The van der Waals surface area contributed by atoms with Crippen molar-refractivity contribution in [3.8, 4) is 0 Å². The molecule has 3 nitrogen and oxygen atoms in total. The van der Waals surface area contributed by atoms with Gasteiger partial charge < -0.3 is 10.6 Å². The van der Waals surface area contributed by atoms with Crippen LogP contribution in [0.2, 0.25) is 0 Å². The Hall–Kier alpha value is -0.490. The average molecular weight is 303 g/mol. The molecule has 7 heteroatoms. The zero-order chi connectivity index (χ0) is 13.8. The van der Waals surface area contributed by atoms with Gasteiger partial charge in [-0.3, -0.25) is 4.79 Å². The first kappa shape index (κ1) is 18.5. The molecule has 0 radical (unpaired) electrons. The van der Waals surface area contributed by atoms with Crippen LogP contribution in [0, 0.1) is 11.8 Å². The normalized spacial score (nSPS) is 19.6. The minimum atomic E-state index is -4.36. The molecule has 19 heavy (non-hydrogen) atoms. The molecule has 0 aromatic rings. The summed E-state index contributed by atoms with van der Waals surface area (Å²) in [7, 11) is 1.67. The Morgan fingerprint density at radius 1 is 1.32 bits per heavy atom. The van der Waals surface area contributed by atoms with E-state index in [9.17, 15) is 18.0 Å². The molecule has 1 rings (SSSR count). The van der Waals surface area contributed by atoms with Gasteiger partial charge in [-0.1, -0.05) is 19.8 Å². The largest absolute Gasteiger partial charge is 0.408 e. The van der Waals surface area contributed by atoms with Crippen molar-refractivity contribution < 1.29 is 18.0 Å². The number of hydrogen-bond acceptors (Lipinski definition) is 2. The standard InChI is InChI=1S/C12H21F3N2O.ClH/c1-8(7-16-2)11(18)17-10(12(13,14)15)9-5-3-4-6-9;/h8-10,16H,3-7H2,1-2H3,(H,17,18);1H. The third-order valence-electron chi connectivity index (χ3n) is 3.48. The van der Waals surface area contributed by atoms with Crippen LogP contribution < -0.4 is 10.6 Å². The van der Waals surface area contributed by atoms with Crippen LogP contribution in [0.4, 0.5) is 13.2 Å². The van der Waals surface area contributed by atoms with Gasteiger partial charge >= 0.3 is 6.18 Å². The number of halogens is 4. The second-order valence-corrected chi connectivity index (χ2v) is 5.03. The zero-order valence-electron chi connectivity index (χ0n) is 11.2. The van der Waals surface area contributed by atoms with Gasteiger partial charge in [-0.25, -0.2) is 0 Å². The number of carbonyl (C=O) groups excluding carboxylic acids is 1. The maximum Gasteiger partial charge on any atom is 0.408 e. The number of amides is 1. The summed E-state index contributed by atoms with van der Waals surface area (Å²) < 4.78 is 38.9. The number of rotatable bonds is 5. The molecule has 1 saturated carbocycles. The molecule has 0 aliphatic heterocycles. The molecule has 0 bridgehead atoms. The quantitative estimate of drug-likeness (QED) is 0.819. The molecule has 0 saturated heterocycles. The van der Waals surface area contributed by atoms with E-state index in [0.717, 1.165) is 12.8 Å². The fraction of sp³-hybridized carbons (Fsp3) is 0.917. The molecule has 0 aromatic carbocycles. The lowest BCUT2D eigenvalue weighted by Crippen LogP contribution is -2.51. The van der Waals surface area contributed by atoms with Crippen molar-refractivity contribution in [3.05, 3.63) is 0 Å². The maximum atomic E-state index is 13.0. The third-order valence-corrected chi connectivity index (χ3v) is 3.48. The fourth-order valence-corrected chi connectivity index (χ4v) is 2.45. The first-order valence-corrected chi connectivity index (χ1v) is 6.38. The van der Waals surface area contributed by atoms with E-state index in [1.54, 1.807) is 14.0 Å². The predicted molar refractivity (Wildman–Crippen MR) is 70.3 cm³/mol. The van der Waals surface area contributed by atoms with E-state index in [2.05, 4.69) is 10.6 Å². The van der Waals surface area contributed by atoms with Crippen molar-refractivity contribution in [1.82, 2.24) is 10.6 Å². The molecular formula is C12H22ClF3N2O. The van der Waals surface area contributed by atoms with Gasteiger partial charge in [-0.05, 0) is 25.8 Å². The van der Waals surface area contributed by atoms with Crippen LogP contribution >= 0.6 is 12.4 Å². The monoisotopic (exact) mass is 302 g/mol. The van der Waals surface area contributed by atoms with Gasteiger partial charge in [0.15, 0.2) is 0 Å². The summed E-state index contributed by atoms with van der Waals surface area (Å²) in [6.45, 7) is 2.00. The molecule has 2 N–H and O–H groups in total. The molecule has 2 atom stereocenters. The van der Waals surface area contributed by atoms with Gasteiger partial charge in [0.1, 0.15) is 6.04 Å². The van der Waals surface area contributed by atoms with E-state index < -0.39 is 30.0 Å². The molecule has 1 aliphatic rings. The van der Waals surface area contributed by atoms with Crippen molar-refractivity contribution >= 4 is 18.3 Å². The van der Waals surface area contributed by atoms with Crippen LogP contribution in [-0.4, -0.2) is 31.7 Å². The lowest BCUT2D eigenvalue weighted by molar-refractivity contribution is -0.172. The van der Waals surface area contributed by atoms with Crippen LogP contribution in [0.3, 0.4) is 0 Å². The summed E-state index contributed by atoms with van der Waals surface area (Å²) in [5, 5.41) is 4.97. The predicted octanol–water partition coefficient (Wildman–Crippen LogP) is 2.50. The fourth-order valence-electron chi connectivity index (χ4n) is 2.45. The molecule has 2 unspecified atom stereocenters. The van der Waals surface area contributed by atoms with Crippen LogP contribution in [0.15, 0.2) is 0 Å². The molecule has 0 spiro atoms. The zero-order valence-corrected chi connectivity index (χ0v) is 12.0. The smallest absolute Gasteiger partial charge is 0.344 e. The highest BCUT2D eigenvalue weighted by Crippen LogP contribution is 2.35. The second kappa shape index (κ2) is 7.94. The van der Waals surface area contributed by atoms with Gasteiger partial charge in [0.2, 0.25) is 5.91 Å². The van der Waals surface area contributed by atoms with Gasteiger partial charge in [0.25, 0.3) is 0 Å². The number of carbonyl (C=O) groups is 1. The van der Waals surface area contributed by atoms with Crippen LogP contribution in [0.5, 0.6) is 0 Å². The maximum absolute atomic E-state index is 13.0. The second-order valence-electron chi connectivity index (χ2n) is 5.03. The van der Waals surface area contributed by atoms with Gasteiger partial charge in [-0.2, -0.15) is 13.2 Å². The van der Waals surface area contributed by atoms with Crippen LogP contribution in [0.25, 0.3) is 0 Å². The summed E-state index contributed by atoms with van der Waals surface area (Å²) in [6.07, 6.45) is -1.63. The molecule has 114 valence electrons. The highest BCUT2D eigenvalue weighted by Gasteiger charge is 2.46. The number of alkyl halides is 3. The lowest BCUT2D eigenvalue weighted by atomic mass is 9.96. The summed E-state index contributed by atoms with van der Waals surface area (Å²) in [4.78, 5) is 11.7. The Morgan fingerprint density at radius 2 is 1.84 bits per heavy atom. The molecule has 0 heterocycles. The molecule has 0 aromatic heterocycles. The number of nitrogens with one attached hydrogen (secondary N) is 2. The Morgan fingerprint density at radius 3 is 2.26 bits per heavy atom. The van der Waals surface area contributed by atoms with Crippen molar-refractivity contribution in [1.29, 1.82) is 0 Å². The van der Waals surface area contributed by atoms with E-state index in [-0.39, 0.29) is 12.4 Å². The molecule has 1 amide bonds. The van der Waals surface area contributed by atoms with Crippen LogP contribution in [-0.2, 0) is 4.79 Å². The summed E-state index contributed by atoms with van der Waals surface area (Å²) in [5.74, 6) is -1.45. The highest BCUT2D eigenvalue weighted by atomic mass is 35.5. The lowest BCUT2D eigenvalue weighted by Gasteiger charge is -2.28. The minimum absolute atomic E-state index is 0. The van der Waals surface area contributed by atoms with Crippen molar-refractivity contribution in [2.75, 3.05) is 13.6 Å². The van der Waals surface area contributed by atoms with Crippen molar-refractivity contribution in [2.45, 2.75) is 44.8 Å². The van der Waals surface area contributed by atoms with Crippen molar-refractivity contribution in [3.63, 3.8) is 0 Å². The average Bonchev–Trinajstić information content (AvgIpc) is 2.77. The van der Waals surface area contributed by atoms with Gasteiger partial charge in [0.05, 0.1) is 0 Å². The van der Waals surface area contributed by atoms with Crippen LogP contribution in [0.1, 0.15) is 32.6 Å². The van der Waals surface area contributed by atoms with Crippen molar-refractivity contribution in [2.24, 2.45) is 11.8 Å². The third kappa shape index (κ3) is 5.57. The summed E-state index contributed by atoms with van der Waals surface area (Å²) in [6, 6.07) is -1.69. The molecular weight excluding hydrogens is 281 g/mol. The Balaban J connectivity index is 0.00000324. The first-order chi connectivity index (χ1) is 8.36. The van der Waals surface area contributed by atoms with Gasteiger partial charge in [0, 0.05) is 12.5 Å².